The summed E-state index contributed by atoms with van der Waals surface area (Å²) in [5.41, 5.74) is 6.31. The highest BCUT2D eigenvalue weighted by Crippen LogP contribution is 2.51. The van der Waals surface area contributed by atoms with Crippen molar-refractivity contribution in [3.05, 3.63) is 54.1 Å². The number of phenolic OH excluding ortho intramolecular Hbond substituents is 1. The predicted molar refractivity (Wildman–Crippen MR) is 198 cm³/mol. The van der Waals surface area contributed by atoms with Crippen LogP contribution < -0.4 is 20.1 Å². The molecular formula is C40H46F2N6O4. The van der Waals surface area contributed by atoms with Gasteiger partial charge in [-0.25, -0.2) is 13.8 Å². The summed E-state index contributed by atoms with van der Waals surface area (Å²) >= 11 is 0. The molecule has 12 heteroatoms. The quantitative estimate of drug-likeness (QED) is 0.0760. The Kier molecular flexibility index (Phi) is 10.2. The Morgan fingerprint density at radius 1 is 1.15 bits per heavy atom. The number of phenols is 1. The zero-order valence-electron chi connectivity index (χ0n) is 29.8. The number of aromatic hydroxyl groups is 1. The molecule has 3 N–H and O–H groups in total. The lowest BCUT2D eigenvalue weighted by molar-refractivity contribution is 0.163. The Labute approximate surface area is 303 Å². The van der Waals surface area contributed by atoms with Crippen LogP contribution in [-0.4, -0.2) is 91.2 Å². The van der Waals surface area contributed by atoms with Gasteiger partial charge in [-0.1, -0.05) is 18.1 Å². The molecular weight excluding hydrogens is 666 g/mol. The lowest BCUT2D eigenvalue weighted by Gasteiger charge is -2.28. The van der Waals surface area contributed by atoms with E-state index in [1.807, 2.05) is 4.90 Å². The molecule has 274 valence electrons. The molecule has 2 aromatic heterocycles. The fraction of sp³-hybridized carbons (Fsp3) is 0.475. The Balaban J connectivity index is 1.33. The van der Waals surface area contributed by atoms with Crippen LogP contribution in [0.25, 0.3) is 32.9 Å². The van der Waals surface area contributed by atoms with Crippen molar-refractivity contribution in [2.24, 2.45) is 23.0 Å². The van der Waals surface area contributed by atoms with Crippen LogP contribution in [0.5, 0.6) is 17.6 Å². The Morgan fingerprint density at radius 2 is 1.94 bits per heavy atom. The third-order valence-corrected chi connectivity index (χ3v) is 10.7. The number of anilines is 1. The highest BCUT2D eigenvalue weighted by Gasteiger charge is 2.50. The van der Waals surface area contributed by atoms with Crippen LogP contribution in [0.1, 0.15) is 44.1 Å². The maximum atomic E-state index is 17.2. The van der Waals surface area contributed by atoms with Crippen molar-refractivity contribution in [2.75, 3.05) is 65.1 Å². The lowest BCUT2D eigenvalue weighted by atomic mass is 9.95. The van der Waals surface area contributed by atoms with Crippen molar-refractivity contribution in [3.63, 3.8) is 0 Å². The molecule has 1 aliphatic heterocycles. The molecule has 52 heavy (non-hydrogen) atoms. The van der Waals surface area contributed by atoms with Crippen LogP contribution in [0.3, 0.4) is 0 Å². The van der Waals surface area contributed by atoms with Crippen molar-refractivity contribution >= 4 is 27.5 Å². The van der Waals surface area contributed by atoms with Crippen LogP contribution in [0, 0.1) is 41.2 Å². The SMILES string of the molecule is C#Cc1c(F)ccc2cc(O)cc(-c3nc(OC)c4c(N(CC=C)CC(N)CCCCOC)nc(OCC5(CN6CC7CC7C6)CC5)nc4c3F)c12. The van der Waals surface area contributed by atoms with E-state index in [2.05, 4.69) is 27.4 Å². The topological polar surface area (TPSA) is 119 Å². The summed E-state index contributed by atoms with van der Waals surface area (Å²) in [5.74, 6) is 2.75. The first-order valence-electron chi connectivity index (χ1n) is 18.0. The van der Waals surface area contributed by atoms with E-state index in [9.17, 15) is 5.11 Å². The van der Waals surface area contributed by atoms with Gasteiger partial charge in [-0.05, 0) is 73.9 Å². The van der Waals surface area contributed by atoms with E-state index in [1.165, 1.54) is 37.8 Å². The molecule has 10 nitrogen and oxygen atoms in total. The van der Waals surface area contributed by atoms with Gasteiger partial charge in [0.15, 0.2) is 5.82 Å². The van der Waals surface area contributed by atoms with E-state index in [4.69, 9.17) is 31.4 Å². The van der Waals surface area contributed by atoms with Gasteiger partial charge in [-0.15, -0.1) is 13.0 Å². The van der Waals surface area contributed by atoms with Gasteiger partial charge in [0, 0.05) is 68.8 Å². The largest absolute Gasteiger partial charge is 0.508 e. The number of unbranched alkanes of at least 4 members (excludes halogenated alkanes) is 1. The molecule has 3 fully saturated rings. The van der Waals surface area contributed by atoms with E-state index in [1.54, 1.807) is 13.2 Å². The zero-order chi connectivity index (χ0) is 36.6. The molecule has 0 radical (unpaired) electrons. The summed E-state index contributed by atoms with van der Waals surface area (Å²) in [5, 5.41) is 11.5. The summed E-state index contributed by atoms with van der Waals surface area (Å²) < 4.78 is 49.6. The zero-order valence-corrected chi connectivity index (χ0v) is 29.8. The first-order valence-corrected chi connectivity index (χ1v) is 18.0. The number of terminal acetylenes is 1. The minimum atomic E-state index is -0.830. The number of halogens is 2. The molecule has 2 aliphatic carbocycles. The lowest BCUT2D eigenvalue weighted by Crippen LogP contribution is -2.38. The smallest absolute Gasteiger partial charge is 0.319 e. The highest BCUT2D eigenvalue weighted by atomic mass is 19.1. The molecule has 3 aliphatic rings. The number of hydrogen-bond acceptors (Lipinski definition) is 10. The minimum absolute atomic E-state index is 0.00353. The van der Waals surface area contributed by atoms with Crippen LogP contribution in [0.15, 0.2) is 36.9 Å². The van der Waals surface area contributed by atoms with E-state index in [-0.39, 0.29) is 62.2 Å². The maximum Gasteiger partial charge on any atom is 0.319 e. The van der Waals surface area contributed by atoms with Gasteiger partial charge in [0.25, 0.3) is 0 Å². The van der Waals surface area contributed by atoms with Gasteiger partial charge in [0.1, 0.15) is 34.0 Å². The Morgan fingerprint density at radius 3 is 2.63 bits per heavy atom. The van der Waals surface area contributed by atoms with Crippen molar-refractivity contribution < 1.29 is 28.1 Å². The van der Waals surface area contributed by atoms with Gasteiger partial charge in [0.2, 0.25) is 5.88 Å². The average molecular weight is 713 g/mol. The van der Waals surface area contributed by atoms with Gasteiger partial charge in [-0.3, -0.25) is 0 Å². The number of methoxy groups -OCH3 is 2. The van der Waals surface area contributed by atoms with Crippen LogP contribution in [-0.2, 0) is 4.74 Å². The monoisotopic (exact) mass is 712 g/mol. The minimum Gasteiger partial charge on any atom is -0.508 e. The molecule has 0 amide bonds. The fourth-order valence-electron chi connectivity index (χ4n) is 7.75. The number of pyridine rings is 1. The van der Waals surface area contributed by atoms with Crippen LogP contribution >= 0.6 is 0 Å². The normalized spacial score (nSPS) is 19.3. The van der Waals surface area contributed by atoms with Crippen molar-refractivity contribution in [1.82, 2.24) is 19.9 Å². The number of ether oxygens (including phenoxy) is 3. The molecule has 2 saturated carbocycles. The number of likely N-dealkylation sites (tertiary alicyclic amines) is 1. The third-order valence-electron chi connectivity index (χ3n) is 10.7. The van der Waals surface area contributed by atoms with Gasteiger partial charge in [0.05, 0.1) is 19.3 Å². The second kappa shape index (κ2) is 14.8. The molecule has 2 aromatic carbocycles. The second-order valence-electron chi connectivity index (χ2n) is 14.7. The second-order valence-corrected chi connectivity index (χ2v) is 14.7. The molecule has 3 heterocycles. The standard InChI is InChI=1S/C40H46F2N6O4/c1-5-14-48(21-27(43)9-7-8-15-50-3)37-33-36(45-39(46-37)52-23-40(12-13-40)22-47-19-25-16-26(25)20-47)34(42)35(44-38(33)51-4)30-18-28(49)17-24-10-11-31(41)29(6-2)32(24)30/h2,5,10-11,17-18,25-27,49H,1,7-9,12-16,19-23,43H2,3-4H3. The summed E-state index contributed by atoms with van der Waals surface area (Å²) in [4.78, 5) is 18.6. The number of nitrogens with two attached hydrogens (primary N) is 1. The van der Waals surface area contributed by atoms with Crippen LogP contribution in [0.4, 0.5) is 14.6 Å². The number of hydrogen-bond donors (Lipinski definition) is 2. The van der Waals surface area contributed by atoms with Gasteiger partial charge in [-0.2, -0.15) is 9.97 Å². The fourth-order valence-corrected chi connectivity index (χ4v) is 7.75. The van der Waals surface area contributed by atoms with Gasteiger partial charge >= 0.3 is 6.01 Å². The number of aromatic nitrogens is 3. The molecule has 1 saturated heterocycles. The first kappa shape index (κ1) is 35.8. The maximum absolute atomic E-state index is 17.2. The van der Waals surface area contributed by atoms with Crippen molar-refractivity contribution in [2.45, 2.75) is 44.6 Å². The highest BCUT2D eigenvalue weighted by molar-refractivity contribution is 6.04. The number of benzene rings is 2. The Hall–Kier alpha value is -4.57. The number of piperidine rings is 1. The number of nitrogens with zero attached hydrogens (tertiary/aromatic N) is 5. The summed E-state index contributed by atoms with van der Waals surface area (Å²) in [7, 11) is 3.09. The molecule has 3 unspecified atom stereocenters. The molecule has 4 aromatic rings. The number of rotatable bonds is 17. The van der Waals surface area contributed by atoms with Crippen molar-refractivity contribution in [3.8, 4) is 41.2 Å². The Bertz CT molecular complexity index is 2020. The van der Waals surface area contributed by atoms with Crippen molar-refractivity contribution in [1.29, 1.82) is 0 Å². The third kappa shape index (κ3) is 7.22. The number of fused-ring (bicyclic) bond motifs is 3. The van der Waals surface area contributed by atoms with E-state index < -0.39 is 11.6 Å². The van der Waals surface area contributed by atoms with Gasteiger partial charge < -0.3 is 34.9 Å². The predicted octanol–water partition coefficient (Wildman–Crippen LogP) is 6.07. The van der Waals surface area contributed by atoms with E-state index in [0.717, 1.165) is 63.6 Å². The molecule has 3 atom stereocenters. The van der Waals surface area contributed by atoms with Crippen LogP contribution in [0.2, 0.25) is 0 Å². The first-order chi connectivity index (χ1) is 25.2. The van der Waals surface area contributed by atoms with E-state index in [0.29, 0.717) is 37.5 Å². The summed E-state index contributed by atoms with van der Waals surface area (Å²) in [6.45, 7) is 8.95. The average Bonchev–Trinajstić information content (AvgIpc) is 4.04. The summed E-state index contributed by atoms with van der Waals surface area (Å²) in [6.07, 6.45) is 13.4. The summed E-state index contributed by atoms with van der Waals surface area (Å²) in [6, 6.07) is 5.20. The van der Waals surface area contributed by atoms with E-state index >= 15 is 8.78 Å². The molecule has 0 spiro atoms. The molecule has 7 rings (SSSR count). The molecule has 0 bridgehead atoms.